The highest BCUT2D eigenvalue weighted by Gasteiger charge is 2.23. The van der Waals surface area contributed by atoms with E-state index in [1.165, 1.54) is 7.11 Å². The lowest BCUT2D eigenvalue weighted by Gasteiger charge is -2.24. The van der Waals surface area contributed by atoms with Crippen LogP contribution in [0.5, 0.6) is 0 Å². The van der Waals surface area contributed by atoms with E-state index in [9.17, 15) is 4.79 Å². The van der Waals surface area contributed by atoms with E-state index < -0.39 is 6.04 Å². The number of carbonyl (C=O) groups excluding carboxylic acids is 1. The number of hydrogen-bond donors (Lipinski definition) is 1. The van der Waals surface area contributed by atoms with E-state index in [2.05, 4.69) is 0 Å². The van der Waals surface area contributed by atoms with Crippen molar-refractivity contribution in [2.45, 2.75) is 33.2 Å². The zero-order valence-electron chi connectivity index (χ0n) is 9.13. The molecule has 0 saturated heterocycles. The first-order valence-corrected chi connectivity index (χ1v) is 4.35. The van der Waals surface area contributed by atoms with Crippen molar-refractivity contribution in [3.05, 3.63) is 0 Å². The Morgan fingerprint density at radius 2 is 2.00 bits per heavy atom. The molecule has 0 bridgehead atoms. The summed E-state index contributed by atoms with van der Waals surface area (Å²) in [5.74, 6) is -0.183. The summed E-state index contributed by atoms with van der Waals surface area (Å²) in [7, 11) is 3.01. The molecule has 0 aromatic heterocycles. The summed E-state index contributed by atoms with van der Waals surface area (Å²) in [5, 5.41) is 1.16. The van der Waals surface area contributed by atoms with Gasteiger partial charge < -0.3 is 5.73 Å². The van der Waals surface area contributed by atoms with Crippen molar-refractivity contribution < 1.29 is 9.63 Å². The zero-order chi connectivity index (χ0) is 10.6. The minimum absolute atomic E-state index is 0.0592. The van der Waals surface area contributed by atoms with Crippen LogP contribution >= 0.6 is 0 Å². The number of rotatable bonds is 3. The third kappa shape index (κ3) is 4.85. The number of nitrogens with two attached hydrogens (primary N) is 1. The molecule has 0 fully saturated rings. The minimum atomic E-state index is -0.482. The molecule has 0 radical (unpaired) electrons. The standard InChI is InChI=1S/C9H20N2O2/c1-9(2,3)6-7(10)8(12)11(4)13-5/h7H,6,10H2,1-5H3. The maximum absolute atomic E-state index is 11.4. The summed E-state index contributed by atoms with van der Waals surface area (Å²) in [5.41, 5.74) is 5.77. The summed E-state index contributed by atoms with van der Waals surface area (Å²) in [4.78, 5) is 16.2. The minimum Gasteiger partial charge on any atom is -0.320 e. The smallest absolute Gasteiger partial charge is 0.262 e. The van der Waals surface area contributed by atoms with E-state index in [1.807, 2.05) is 20.8 Å². The van der Waals surface area contributed by atoms with Gasteiger partial charge in [-0.05, 0) is 11.8 Å². The highest BCUT2D eigenvalue weighted by atomic mass is 16.7. The Kier molecular flexibility index (Phi) is 4.36. The second-order valence-electron chi connectivity index (χ2n) is 4.39. The predicted octanol–water partition coefficient (Wildman–Crippen LogP) is 0.770. The van der Waals surface area contributed by atoms with Crippen LogP contribution in [0.15, 0.2) is 0 Å². The van der Waals surface area contributed by atoms with Crippen molar-refractivity contribution in [2.75, 3.05) is 14.2 Å². The van der Waals surface area contributed by atoms with Crippen molar-refractivity contribution in [2.24, 2.45) is 11.1 Å². The predicted molar refractivity (Wildman–Crippen MR) is 51.8 cm³/mol. The van der Waals surface area contributed by atoms with Gasteiger partial charge in [-0.25, -0.2) is 5.06 Å². The average Bonchev–Trinajstić information content (AvgIpc) is 1.98. The molecule has 1 amide bonds. The number of amides is 1. The van der Waals surface area contributed by atoms with Crippen LogP contribution < -0.4 is 5.73 Å². The van der Waals surface area contributed by atoms with Crippen LogP contribution in [0.25, 0.3) is 0 Å². The maximum atomic E-state index is 11.4. The molecule has 0 aliphatic heterocycles. The van der Waals surface area contributed by atoms with Gasteiger partial charge in [0.15, 0.2) is 0 Å². The van der Waals surface area contributed by atoms with E-state index in [0.29, 0.717) is 6.42 Å². The van der Waals surface area contributed by atoms with Gasteiger partial charge in [-0.1, -0.05) is 20.8 Å². The van der Waals surface area contributed by atoms with Gasteiger partial charge in [0.2, 0.25) is 0 Å². The molecule has 0 saturated carbocycles. The van der Waals surface area contributed by atoms with Crippen molar-refractivity contribution in [1.29, 1.82) is 0 Å². The molecule has 0 aliphatic rings. The van der Waals surface area contributed by atoms with Crippen LogP contribution in [0.2, 0.25) is 0 Å². The fraction of sp³-hybridized carbons (Fsp3) is 0.889. The second-order valence-corrected chi connectivity index (χ2v) is 4.39. The first-order chi connectivity index (χ1) is 5.78. The number of likely N-dealkylation sites (N-methyl/N-ethyl adjacent to an activating group) is 1. The molecule has 0 aromatic carbocycles. The number of carbonyl (C=O) groups is 1. The summed E-state index contributed by atoms with van der Waals surface area (Å²) in [6.07, 6.45) is 0.652. The monoisotopic (exact) mass is 188 g/mol. The molecule has 1 unspecified atom stereocenters. The van der Waals surface area contributed by atoms with Gasteiger partial charge in [0.1, 0.15) is 0 Å². The number of hydroxylamine groups is 2. The van der Waals surface area contributed by atoms with E-state index in [1.54, 1.807) is 7.05 Å². The molecule has 78 valence electrons. The molecule has 0 heterocycles. The first kappa shape index (κ1) is 12.4. The lowest BCUT2D eigenvalue weighted by atomic mass is 9.88. The van der Waals surface area contributed by atoms with Crippen LogP contribution in [0, 0.1) is 5.41 Å². The van der Waals surface area contributed by atoms with Crippen LogP contribution in [0.1, 0.15) is 27.2 Å². The van der Waals surface area contributed by atoms with Gasteiger partial charge in [-0.3, -0.25) is 9.63 Å². The van der Waals surface area contributed by atoms with Crippen LogP contribution in [-0.4, -0.2) is 31.2 Å². The van der Waals surface area contributed by atoms with Crippen LogP contribution in [0.3, 0.4) is 0 Å². The van der Waals surface area contributed by atoms with Crippen molar-refractivity contribution in [3.63, 3.8) is 0 Å². The topological polar surface area (TPSA) is 55.6 Å². The van der Waals surface area contributed by atoms with Gasteiger partial charge in [-0.15, -0.1) is 0 Å². The summed E-state index contributed by atoms with van der Waals surface area (Å²) in [6.45, 7) is 6.15. The van der Waals surface area contributed by atoms with E-state index in [-0.39, 0.29) is 11.3 Å². The highest BCUT2D eigenvalue weighted by molar-refractivity contribution is 5.80. The molecule has 0 spiro atoms. The molecule has 0 aromatic rings. The molecular formula is C9H20N2O2. The third-order valence-electron chi connectivity index (χ3n) is 1.73. The van der Waals surface area contributed by atoms with Gasteiger partial charge in [0, 0.05) is 7.05 Å². The van der Waals surface area contributed by atoms with E-state index in [4.69, 9.17) is 10.6 Å². The van der Waals surface area contributed by atoms with Gasteiger partial charge in [-0.2, -0.15) is 0 Å². The lowest BCUT2D eigenvalue weighted by Crippen LogP contribution is -2.43. The van der Waals surface area contributed by atoms with Gasteiger partial charge >= 0.3 is 0 Å². The summed E-state index contributed by atoms with van der Waals surface area (Å²) < 4.78 is 0. The molecular weight excluding hydrogens is 168 g/mol. The fourth-order valence-electron chi connectivity index (χ4n) is 1.07. The molecule has 0 aliphatic carbocycles. The Morgan fingerprint density at radius 3 is 2.31 bits per heavy atom. The zero-order valence-corrected chi connectivity index (χ0v) is 9.13. The fourth-order valence-corrected chi connectivity index (χ4v) is 1.07. The largest absolute Gasteiger partial charge is 0.320 e. The van der Waals surface area contributed by atoms with Crippen molar-refractivity contribution >= 4 is 5.91 Å². The number of nitrogens with zero attached hydrogens (tertiary/aromatic N) is 1. The van der Waals surface area contributed by atoms with Gasteiger partial charge in [0.25, 0.3) is 5.91 Å². The van der Waals surface area contributed by atoms with Crippen LogP contribution in [-0.2, 0) is 9.63 Å². The quantitative estimate of drug-likeness (QED) is 0.665. The highest BCUT2D eigenvalue weighted by Crippen LogP contribution is 2.20. The van der Waals surface area contributed by atoms with Crippen molar-refractivity contribution in [1.82, 2.24) is 5.06 Å². The Labute approximate surface area is 80.0 Å². The molecule has 13 heavy (non-hydrogen) atoms. The summed E-state index contributed by atoms with van der Waals surface area (Å²) in [6, 6.07) is -0.482. The average molecular weight is 188 g/mol. The summed E-state index contributed by atoms with van der Waals surface area (Å²) >= 11 is 0. The van der Waals surface area contributed by atoms with E-state index in [0.717, 1.165) is 5.06 Å². The second kappa shape index (κ2) is 4.58. The molecule has 2 N–H and O–H groups in total. The third-order valence-corrected chi connectivity index (χ3v) is 1.73. The lowest BCUT2D eigenvalue weighted by molar-refractivity contribution is -0.170. The first-order valence-electron chi connectivity index (χ1n) is 4.35. The molecule has 4 heteroatoms. The maximum Gasteiger partial charge on any atom is 0.262 e. The van der Waals surface area contributed by atoms with E-state index >= 15 is 0 Å². The van der Waals surface area contributed by atoms with Crippen LogP contribution in [0.4, 0.5) is 0 Å². The normalized spacial score (nSPS) is 14.0. The SMILES string of the molecule is CON(C)C(=O)C(N)CC(C)(C)C. The number of hydrogen-bond acceptors (Lipinski definition) is 3. The molecule has 4 nitrogen and oxygen atoms in total. The molecule has 0 rings (SSSR count). The van der Waals surface area contributed by atoms with Crippen molar-refractivity contribution in [3.8, 4) is 0 Å². The van der Waals surface area contributed by atoms with Gasteiger partial charge in [0.05, 0.1) is 13.2 Å². The Hall–Kier alpha value is -0.610. The Balaban J connectivity index is 4.12. The molecule has 1 atom stereocenters. The Bertz CT molecular complexity index is 175. The Morgan fingerprint density at radius 1 is 1.54 bits per heavy atom.